The molecule has 2 fully saturated rings. The van der Waals surface area contributed by atoms with E-state index in [0.29, 0.717) is 28.2 Å². The number of rotatable bonds is 7. The largest absolute Gasteiger partial charge is 0.353 e. The summed E-state index contributed by atoms with van der Waals surface area (Å²) in [5, 5.41) is 4.20. The molecule has 208 valence electrons. The predicted octanol–water partition coefficient (Wildman–Crippen LogP) is 6.14. The van der Waals surface area contributed by atoms with E-state index < -0.39 is 0 Å². The zero-order chi connectivity index (χ0) is 27.4. The lowest BCUT2D eigenvalue weighted by Crippen LogP contribution is -2.53. The van der Waals surface area contributed by atoms with Crippen LogP contribution in [0.1, 0.15) is 35.8 Å². The van der Waals surface area contributed by atoms with Gasteiger partial charge in [0.1, 0.15) is 11.6 Å². The van der Waals surface area contributed by atoms with Gasteiger partial charge in [0, 0.05) is 58.0 Å². The van der Waals surface area contributed by atoms with Gasteiger partial charge in [-0.05, 0) is 67.4 Å². The average Bonchev–Trinajstić information content (AvgIpc) is 2.95. The second-order valence-corrected chi connectivity index (χ2v) is 11.4. The highest BCUT2D eigenvalue weighted by atomic mass is 35.5. The average molecular weight is 593 g/mol. The van der Waals surface area contributed by atoms with Gasteiger partial charge >= 0.3 is 0 Å². The number of carbonyl (C=O) groups is 1. The topological polar surface area (TPSA) is 51.7 Å². The molecule has 1 aromatic heterocycles. The van der Waals surface area contributed by atoms with Crippen molar-refractivity contribution in [2.24, 2.45) is 0 Å². The third-order valence-corrected chi connectivity index (χ3v) is 8.36. The Morgan fingerprint density at radius 1 is 0.923 bits per heavy atom. The van der Waals surface area contributed by atoms with E-state index in [4.69, 9.17) is 34.8 Å². The van der Waals surface area contributed by atoms with E-state index in [9.17, 15) is 9.18 Å². The highest BCUT2D eigenvalue weighted by Crippen LogP contribution is 2.27. The van der Waals surface area contributed by atoms with Crippen LogP contribution in [0.5, 0.6) is 0 Å². The van der Waals surface area contributed by atoms with Gasteiger partial charge in [0.05, 0.1) is 15.6 Å². The molecule has 0 aliphatic carbocycles. The number of nitrogens with zero attached hydrogens (tertiary/aromatic N) is 4. The molecular formula is C29H33Cl3FN5O. The summed E-state index contributed by atoms with van der Waals surface area (Å²) in [5.41, 5.74) is 2.35. The Morgan fingerprint density at radius 2 is 1.62 bits per heavy atom. The Morgan fingerprint density at radius 3 is 2.28 bits per heavy atom. The number of benzene rings is 2. The van der Waals surface area contributed by atoms with Crippen LogP contribution >= 0.6 is 34.8 Å². The normalized spacial score (nSPS) is 17.4. The van der Waals surface area contributed by atoms with E-state index in [1.54, 1.807) is 30.5 Å². The Balaban J connectivity index is 0.00000370. The van der Waals surface area contributed by atoms with Crippen LogP contribution in [-0.4, -0.2) is 66.0 Å². The summed E-state index contributed by atoms with van der Waals surface area (Å²) in [6.45, 7) is 6.67. The van der Waals surface area contributed by atoms with Crippen molar-refractivity contribution in [3.05, 3.63) is 92.3 Å². The Kier molecular flexibility index (Phi) is 9.25. The highest BCUT2D eigenvalue weighted by molar-refractivity contribution is 6.33. The fourth-order valence-corrected chi connectivity index (χ4v) is 5.84. The monoisotopic (exact) mass is 591 g/mol. The molecule has 2 aliphatic heterocycles. The second kappa shape index (κ2) is 12.8. The molecule has 2 aromatic carbocycles. The summed E-state index contributed by atoms with van der Waals surface area (Å²) >= 11 is 18.3. The quantitative estimate of drug-likeness (QED) is 0.357. The van der Waals surface area contributed by atoms with Crippen molar-refractivity contribution in [3.63, 3.8) is 0 Å². The number of aromatic nitrogens is 1. The van der Waals surface area contributed by atoms with Crippen LogP contribution in [0.2, 0.25) is 15.1 Å². The van der Waals surface area contributed by atoms with Gasteiger partial charge in [-0.1, -0.05) is 53.0 Å². The van der Waals surface area contributed by atoms with E-state index >= 15 is 0 Å². The van der Waals surface area contributed by atoms with Crippen molar-refractivity contribution in [1.82, 2.24) is 20.1 Å². The number of carbonyl (C=O) groups excluding carboxylic acids is 1. The molecule has 5 rings (SSSR count). The lowest BCUT2D eigenvalue weighted by molar-refractivity contribution is 0.0950. The third-order valence-electron chi connectivity index (χ3n) is 7.53. The van der Waals surface area contributed by atoms with Crippen LogP contribution in [-0.2, 0) is 13.1 Å². The molecular weight excluding hydrogens is 560 g/mol. The van der Waals surface area contributed by atoms with Crippen molar-refractivity contribution in [2.45, 2.75) is 32.0 Å². The molecule has 0 spiro atoms. The van der Waals surface area contributed by atoms with Crippen molar-refractivity contribution in [1.29, 1.82) is 0 Å². The second-order valence-electron chi connectivity index (χ2n) is 10.1. The molecule has 6 nitrogen and oxygen atoms in total. The fourth-order valence-electron chi connectivity index (χ4n) is 5.31. The minimum absolute atomic E-state index is 0. The Hall–Kier alpha value is -2.42. The summed E-state index contributed by atoms with van der Waals surface area (Å²) in [7, 11) is 0. The number of hydrogen-bond acceptors (Lipinski definition) is 5. The first-order valence-electron chi connectivity index (χ1n) is 13.2. The molecule has 1 N–H and O–H groups in total. The summed E-state index contributed by atoms with van der Waals surface area (Å²) < 4.78 is 13.8. The first kappa shape index (κ1) is 28.1. The van der Waals surface area contributed by atoms with E-state index in [1.165, 1.54) is 6.07 Å². The van der Waals surface area contributed by atoms with Crippen LogP contribution in [0, 0.1) is 5.82 Å². The number of likely N-dealkylation sites (tertiary alicyclic amines) is 1. The molecule has 3 aromatic rings. The van der Waals surface area contributed by atoms with Gasteiger partial charge in [-0.3, -0.25) is 14.6 Å². The third kappa shape index (κ3) is 7.21. The maximum atomic E-state index is 13.8. The maximum Gasteiger partial charge on any atom is 0.253 e. The molecule has 10 heteroatoms. The molecule has 2 aliphatic rings. The van der Waals surface area contributed by atoms with Crippen LogP contribution in [0.4, 0.5) is 10.2 Å². The van der Waals surface area contributed by atoms with Gasteiger partial charge < -0.3 is 10.2 Å². The van der Waals surface area contributed by atoms with Gasteiger partial charge in [-0.2, -0.15) is 0 Å². The van der Waals surface area contributed by atoms with Gasteiger partial charge in [0.2, 0.25) is 0 Å². The molecule has 0 radical (unpaired) electrons. The number of nitrogens with one attached hydrogen (secondary N) is 1. The minimum Gasteiger partial charge on any atom is -0.353 e. The van der Waals surface area contributed by atoms with Gasteiger partial charge in [-0.25, -0.2) is 9.37 Å². The van der Waals surface area contributed by atoms with Crippen molar-refractivity contribution < 1.29 is 10.6 Å². The SMILES string of the molecule is O=C(NCc1ccc(Cl)cc1)c1cnc(N2CCN(C3CCN(Cc4ccc(Cl)c(F)c4)CC3)CC2)c(Cl)c1.[HH]. The predicted molar refractivity (Wildman–Crippen MR) is 157 cm³/mol. The van der Waals surface area contributed by atoms with E-state index in [0.717, 1.165) is 75.6 Å². The summed E-state index contributed by atoms with van der Waals surface area (Å²) in [5.74, 6) is 0.141. The van der Waals surface area contributed by atoms with Crippen LogP contribution in [0.25, 0.3) is 0 Å². The fraction of sp³-hybridized carbons (Fsp3) is 0.379. The van der Waals surface area contributed by atoms with Crippen molar-refractivity contribution >= 4 is 46.5 Å². The zero-order valence-corrected chi connectivity index (χ0v) is 23.8. The first-order chi connectivity index (χ1) is 18.9. The minimum atomic E-state index is -0.358. The maximum absolute atomic E-state index is 13.8. The van der Waals surface area contributed by atoms with Gasteiger partial charge in [0.15, 0.2) is 0 Å². The number of pyridine rings is 1. The summed E-state index contributed by atoms with van der Waals surface area (Å²) in [6, 6.07) is 14.6. The molecule has 0 unspecified atom stereocenters. The molecule has 2 saturated heterocycles. The van der Waals surface area contributed by atoms with E-state index in [1.807, 2.05) is 18.2 Å². The number of piperidine rings is 1. The zero-order valence-electron chi connectivity index (χ0n) is 21.6. The number of piperazine rings is 1. The lowest BCUT2D eigenvalue weighted by atomic mass is 10.0. The molecule has 0 saturated carbocycles. The van der Waals surface area contributed by atoms with Crippen LogP contribution < -0.4 is 10.2 Å². The lowest BCUT2D eigenvalue weighted by Gasteiger charge is -2.43. The van der Waals surface area contributed by atoms with Crippen LogP contribution in [0.3, 0.4) is 0 Å². The number of amides is 1. The number of anilines is 1. The number of halogens is 4. The molecule has 3 heterocycles. The smallest absolute Gasteiger partial charge is 0.253 e. The highest BCUT2D eigenvalue weighted by Gasteiger charge is 2.28. The van der Waals surface area contributed by atoms with E-state index in [-0.39, 0.29) is 18.2 Å². The van der Waals surface area contributed by atoms with Gasteiger partial charge in [-0.15, -0.1) is 0 Å². The first-order valence-corrected chi connectivity index (χ1v) is 14.3. The van der Waals surface area contributed by atoms with Crippen molar-refractivity contribution in [2.75, 3.05) is 44.2 Å². The van der Waals surface area contributed by atoms with E-state index in [2.05, 4.69) is 25.0 Å². The number of hydrogen-bond donors (Lipinski definition) is 1. The molecule has 39 heavy (non-hydrogen) atoms. The Labute approximate surface area is 245 Å². The summed E-state index contributed by atoms with van der Waals surface area (Å²) in [4.78, 5) is 24.3. The molecule has 0 bridgehead atoms. The van der Waals surface area contributed by atoms with Gasteiger partial charge in [0.25, 0.3) is 5.91 Å². The molecule has 1 amide bonds. The standard InChI is InChI=1S/C29H31Cl3FN5O.H2/c30-23-4-1-20(2-5-23)17-35-29(39)22-16-26(32)28(34-18-22)38-13-11-37(12-14-38)24-7-9-36(10-8-24)19-21-3-6-25(31)27(33)15-21;/h1-6,15-16,18,24H,7-14,17,19H2,(H,35,39);1H. The Bertz CT molecular complexity index is 1300. The molecule has 0 atom stereocenters. The van der Waals surface area contributed by atoms with Crippen LogP contribution in [0.15, 0.2) is 54.7 Å². The summed E-state index contributed by atoms with van der Waals surface area (Å²) in [6.07, 6.45) is 3.77. The van der Waals surface area contributed by atoms with Crippen molar-refractivity contribution in [3.8, 4) is 0 Å².